The van der Waals surface area contributed by atoms with Crippen molar-refractivity contribution >= 4 is 56.9 Å². The van der Waals surface area contributed by atoms with Crippen LogP contribution in [0.1, 0.15) is 31.3 Å². The lowest BCUT2D eigenvalue weighted by Crippen LogP contribution is -2.26. The highest BCUT2D eigenvalue weighted by Crippen LogP contribution is 2.29. The molecule has 4 nitrogen and oxygen atoms in total. The van der Waals surface area contributed by atoms with Crippen LogP contribution in [0.25, 0.3) is 10.2 Å². The highest BCUT2D eigenvalue weighted by atomic mass is 32.2. The molecule has 1 aromatic carbocycles. The Morgan fingerprint density at radius 3 is 2.88 bits per heavy atom. The van der Waals surface area contributed by atoms with E-state index in [1.807, 2.05) is 10.7 Å². The van der Waals surface area contributed by atoms with Crippen molar-refractivity contribution in [3.05, 3.63) is 33.2 Å². The Balaban J connectivity index is 1.73. The van der Waals surface area contributed by atoms with Gasteiger partial charge >= 0.3 is 0 Å². The summed E-state index contributed by atoms with van der Waals surface area (Å²) in [6, 6.07) is 8.50. The third-order valence-electron chi connectivity index (χ3n) is 3.70. The van der Waals surface area contributed by atoms with Gasteiger partial charge in [-0.2, -0.15) is 5.10 Å². The van der Waals surface area contributed by atoms with Gasteiger partial charge in [0.05, 0.1) is 22.9 Å². The molecule has 0 saturated heterocycles. The SMILES string of the molecule is CCCSc1nn(CN(C)[C@H](C)c2nc3ccccc3s2)c(=S)s1. The summed E-state index contributed by atoms with van der Waals surface area (Å²) < 4.78 is 5.04. The zero-order valence-corrected chi connectivity index (χ0v) is 17.2. The second kappa shape index (κ2) is 8.05. The van der Waals surface area contributed by atoms with Crippen LogP contribution < -0.4 is 0 Å². The molecule has 1 atom stereocenters. The van der Waals surface area contributed by atoms with E-state index in [1.165, 1.54) is 4.70 Å². The number of nitrogens with zero attached hydrogens (tertiary/aromatic N) is 4. The lowest BCUT2D eigenvalue weighted by atomic mass is 10.3. The molecule has 0 radical (unpaired) electrons. The average molecular weight is 397 g/mol. The number of hydrogen-bond donors (Lipinski definition) is 0. The lowest BCUT2D eigenvalue weighted by molar-refractivity contribution is 0.194. The van der Waals surface area contributed by atoms with Crippen LogP contribution in [0, 0.1) is 3.95 Å². The zero-order valence-electron chi connectivity index (χ0n) is 13.9. The normalized spacial score (nSPS) is 13.0. The number of fused-ring (bicyclic) bond motifs is 1. The Morgan fingerprint density at radius 1 is 1.33 bits per heavy atom. The molecule has 0 N–H and O–H groups in total. The van der Waals surface area contributed by atoms with E-state index in [-0.39, 0.29) is 6.04 Å². The van der Waals surface area contributed by atoms with Crippen molar-refractivity contribution in [1.29, 1.82) is 0 Å². The highest BCUT2D eigenvalue weighted by Gasteiger charge is 2.17. The van der Waals surface area contributed by atoms with E-state index in [4.69, 9.17) is 17.2 Å². The van der Waals surface area contributed by atoms with Crippen LogP contribution in [0.15, 0.2) is 28.6 Å². The molecule has 3 rings (SSSR count). The Labute approximate surface area is 159 Å². The van der Waals surface area contributed by atoms with Gasteiger partial charge in [-0.15, -0.1) is 11.3 Å². The van der Waals surface area contributed by atoms with Crippen LogP contribution >= 0.6 is 46.7 Å². The minimum atomic E-state index is 0.220. The van der Waals surface area contributed by atoms with E-state index < -0.39 is 0 Å². The molecule has 8 heteroatoms. The predicted molar refractivity (Wildman–Crippen MR) is 108 cm³/mol. The first-order valence-corrected chi connectivity index (χ1v) is 10.9. The summed E-state index contributed by atoms with van der Waals surface area (Å²) in [7, 11) is 2.09. The van der Waals surface area contributed by atoms with Gasteiger partial charge < -0.3 is 0 Å². The van der Waals surface area contributed by atoms with E-state index in [2.05, 4.69) is 49.1 Å². The summed E-state index contributed by atoms with van der Waals surface area (Å²) >= 11 is 10.6. The molecule has 0 fully saturated rings. The summed E-state index contributed by atoms with van der Waals surface area (Å²) in [4.78, 5) is 7.00. The van der Waals surface area contributed by atoms with Crippen LogP contribution in [0.3, 0.4) is 0 Å². The number of thiazole rings is 1. The first-order chi connectivity index (χ1) is 11.6. The molecule has 2 heterocycles. The third kappa shape index (κ3) is 4.05. The van der Waals surface area contributed by atoms with Crippen molar-refractivity contribution in [2.24, 2.45) is 0 Å². The Hall–Kier alpha value is -0.800. The van der Waals surface area contributed by atoms with Crippen molar-refractivity contribution < 1.29 is 0 Å². The van der Waals surface area contributed by atoms with Crippen LogP contribution in [0.5, 0.6) is 0 Å². The second-order valence-electron chi connectivity index (χ2n) is 5.58. The number of benzene rings is 1. The van der Waals surface area contributed by atoms with Crippen LogP contribution in [0.4, 0.5) is 0 Å². The molecule has 0 amide bonds. The fourth-order valence-corrected chi connectivity index (χ4v) is 5.54. The van der Waals surface area contributed by atoms with Gasteiger partial charge in [0.25, 0.3) is 0 Å². The molecule has 24 heavy (non-hydrogen) atoms. The first-order valence-electron chi connectivity index (χ1n) is 7.85. The first kappa shape index (κ1) is 18.0. The number of rotatable bonds is 7. The number of hydrogen-bond acceptors (Lipinski definition) is 7. The predicted octanol–water partition coefficient (Wildman–Crippen LogP) is 5.44. The molecular formula is C16H20N4S4. The lowest BCUT2D eigenvalue weighted by Gasteiger charge is -2.22. The van der Waals surface area contributed by atoms with Crippen LogP contribution in [-0.4, -0.2) is 32.5 Å². The minimum Gasteiger partial charge on any atom is -0.278 e. The largest absolute Gasteiger partial charge is 0.278 e. The number of para-hydroxylation sites is 1. The maximum Gasteiger partial charge on any atom is 0.181 e. The fourth-order valence-electron chi connectivity index (χ4n) is 2.22. The molecule has 0 spiro atoms. The molecule has 0 aliphatic carbocycles. The molecule has 3 aromatic rings. The fraction of sp³-hybridized carbons (Fsp3) is 0.438. The maximum atomic E-state index is 5.46. The van der Waals surface area contributed by atoms with E-state index in [9.17, 15) is 0 Å². The van der Waals surface area contributed by atoms with Gasteiger partial charge in [0, 0.05) is 5.75 Å². The molecule has 2 aromatic heterocycles. The summed E-state index contributed by atoms with van der Waals surface area (Å²) in [6.45, 7) is 5.04. The highest BCUT2D eigenvalue weighted by molar-refractivity contribution is 8.01. The number of thioether (sulfide) groups is 1. The second-order valence-corrected chi connectivity index (χ2v) is 9.60. The quantitative estimate of drug-likeness (QED) is 0.392. The smallest absolute Gasteiger partial charge is 0.181 e. The van der Waals surface area contributed by atoms with Gasteiger partial charge in [0.1, 0.15) is 5.01 Å². The van der Waals surface area contributed by atoms with Crippen molar-refractivity contribution in [1.82, 2.24) is 19.7 Å². The molecule has 0 unspecified atom stereocenters. The Bertz CT molecular complexity index is 833. The van der Waals surface area contributed by atoms with Gasteiger partial charge in [-0.05, 0) is 44.7 Å². The monoisotopic (exact) mass is 396 g/mol. The zero-order chi connectivity index (χ0) is 17.1. The van der Waals surface area contributed by atoms with Gasteiger partial charge in [-0.1, -0.05) is 42.2 Å². The van der Waals surface area contributed by atoms with Gasteiger partial charge in [0.2, 0.25) is 0 Å². The molecule has 128 valence electrons. The van der Waals surface area contributed by atoms with E-state index in [1.54, 1.807) is 34.4 Å². The van der Waals surface area contributed by atoms with E-state index in [0.717, 1.165) is 31.0 Å². The van der Waals surface area contributed by atoms with E-state index >= 15 is 0 Å². The van der Waals surface area contributed by atoms with Crippen molar-refractivity contribution in [2.45, 2.75) is 37.3 Å². The molecular weight excluding hydrogens is 376 g/mol. The molecule has 0 aliphatic heterocycles. The van der Waals surface area contributed by atoms with Gasteiger partial charge in [0.15, 0.2) is 8.29 Å². The van der Waals surface area contributed by atoms with Gasteiger partial charge in [-0.3, -0.25) is 4.90 Å². The summed E-state index contributed by atoms with van der Waals surface area (Å²) in [5, 5.41) is 5.77. The Kier molecular flexibility index (Phi) is 6.04. The van der Waals surface area contributed by atoms with Gasteiger partial charge in [-0.25, -0.2) is 9.67 Å². The molecule has 0 saturated carbocycles. The van der Waals surface area contributed by atoms with Crippen molar-refractivity contribution in [3.63, 3.8) is 0 Å². The molecule has 0 bridgehead atoms. The third-order valence-corrected chi connectivity index (χ3v) is 7.56. The maximum absolute atomic E-state index is 5.46. The standard InChI is InChI=1S/C16H20N4S4/c1-4-9-22-15-18-20(16(21)24-15)10-19(3)11(2)14-17-12-7-5-6-8-13(12)23-14/h5-8,11H,4,9-10H2,1-3H3/t11-/m1/s1. The summed E-state index contributed by atoms with van der Waals surface area (Å²) in [5.41, 5.74) is 1.07. The average Bonchev–Trinajstić information content (AvgIpc) is 3.16. The van der Waals surface area contributed by atoms with E-state index in [0.29, 0.717) is 6.67 Å². The topological polar surface area (TPSA) is 34.0 Å². The number of aromatic nitrogens is 3. The molecule has 0 aliphatic rings. The minimum absolute atomic E-state index is 0.220. The van der Waals surface area contributed by atoms with Crippen molar-refractivity contribution in [3.8, 4) is 0 Å². The summed E-state index contributed by atoms with van der Waals surface area (Å²) in [5.74, 6) is 1.08. The van der Waals surface area contributed by atoms with Crippen LogP contribution in [0.2, 0.25) is 0 Å². The summed E-state index contributed by atoms with van der Waals surface area (Å²) in [6.07, 6.45) is 1.14. The van der Waals surface area contributed by atoms with Crippen LogP contribution in [-0.2, 0) is 6.67 Å². The Morgan fingerprint density at radius 2 is 2.12 bits per heavy atom. The van der Waals surface area contributed by atoms with Crippen molar-refractivity contribution in [2.75, 3.05) is 12.8 Å².